The van der Waals surface area contributed by atoms with Crippen LogP contribution in [0.5, 0.6) is 5.75 Å². The van der Waals surface area contributed by atoms with Crippen LogP contribution in [0.25, 0.3) is 16.8 Å². The number of benzene rings is 2. The van der Waals surface area contributed by atoms with Gasteiger partial charge in [0.05, 0.1) is 5.56 Å². The molecule has 5 nitrogen and oxygen atoms in total. The number of fused-ring (bicyclic) bond motifs is 2. The number of nitriles is 2. The molecular formula is C26H19N3O2S. The molecule has 1 aliphatic rings. The van der Waals surface area contributed by atoms with Gasteiger partial charge in [-0.25, -0.2) is 0 Å². The van der Waals surface area contributed by atoms with Gasteiger partial charge >= 0.3 is 0 Å². The number of thiophene rings is 1. The minimum absolute atomic E-state index is 0.0690. The summed E-state index contributed by atoms with van der Waals surface area (Å²) < 4.78 is 5.67. The van der Waals surface area contributed by atoms with E-state index in [1.807, 2.05) is 36.4 Å². The molecule has 0 atom stereocenters. The fourth-order valence-corrected chi connectivity index (χ4v) is 5.14. The Bertz CT molecular complexity index is 1360. The Labute approximate surface area is 190 Å². The molecule has 2 aromatic carbocycles. The third kappa shape index (κ3) is 4.08. The molecule has 1 amide bonds. The van der Waals surface area contributed by atoms with Crippen molar-refractivity contribution in [3.8, 4) is 30.2 Å². The van der Waals surface area contributed by atoms with Crippen molar-refractivity contribution in [2.24, 2.45) is 0 Å². The van der Waals surface area contributed by atoms with Gasteiger partial charge in [-0.1, -0.05) is 36.3 Å². The number of hydrogen-bond donors (Lipinski definition) is 1. The molecule has 0 fully saturated rings. The Kier molecular flexibility index (Phi) is 6.22. The summed E-state index contributed by atoms with van der Waals surface area (Å²) in [5.41, 5.74) is 2.07. The maximum Gasteiger partial charge on any atom is 0.266 e. The highest BCUT2D eigenvalue weighted by molar-refractivity contribution is 7.16. The molecule has 6 heteroatoms. The molecule has 1 heterocycles. The number of nitrogens with one attached hydrogen (secondary N) is 1. The second kappa shape index (κ2) is 9.40. The molecule has 156 valence electrons. The van der Waals surface area contributed by atoms with Gasteiger partial charge in [-0.05, 0) is 54.2 Å². The van der Waals surface area contributed by atoms with Gasteiger partial charge < -0.3 is 10.1 Å². The first-order valence-corrected chi connectivity index (χ1v) is 11.0. The molecule has 1 aliphatic carbocycles. The van der Waals surface area contributed by atoms with Gasteiger partial charge in [-0.3, -0.25) is 4.79 Å². The molecule has 0 radical (unpaired) electrons. The van der Waals surface area contributed by atoms with Gasteiger partial charge in [0.1, 0.15) is 35.1 Å². The van der Waals surface area contributed by atoms with E-state index in [1.165, 1.54) is 17.4 Å². The lowest BCUT2D eigenvalue weighted by molar-refractivity contribution is -0.112. The molecule has 4 rings (SSSR count). The summed E-state index contributed by atoms with van der Waals surface area (Å²) in [5.74, 6) is 2.37. The van der Waals surface area contributed by atoms with Crippen LogP contribution in [0.4, 0.5) is 5.00 Å². The number of amides is 1. The molecule has 0 unspecified atom stereocenters. The van der Waals surface area contributed by atoms with Crippen molar-refractivity contribution in [1.82, 2.24) is 0 Å². The van der Waals surface area contributed by atoms with Gasteiger partial charge in [0.25, 0.3) is 5.91 Å². The van der Waals surface area contributed by atoms with Crippen molar-refractivity contribution in [1.29, 1.82) is 10.5 Å². The third-order valence-electron chi connectivity index (χ3n) is 5.41. The number of terminal acetylenes is 1. The van der Waals surface area contributed by atoms with E-state index in [1.54, 1.807) is 6.07 Å². The Balaban J connectivity index is 1.73. The number of hydrogen-bond acceptors (Lipinski definition) is 5. The van der Waals surface area contributed by atoms with E-state index in [9.17, 15) is 15.3 Å². The van der Waals surface area contributed by atoms with E-state index >= 15 is 0 Å². The van der Waals surface area contributed by atoms with Gasteiger partial charge in [-0.15, -0.1) is 17.8 Å². The van der Waals surface area contributed by atoms with Crippen LogP contribution < -0.4 is 10.1 Å². The van der Waals surface area contributed by atoms with Gasteiger partial charge in [0.15, 0.2) is 0 Å². The molecule has 0 aliphatic heterocycles. The highest BCUT2D eigenvalue weighted by Gasteiger charge is 2.23. The summed E-state index contributed by atoms with van der Waals surface area (Å²) in [4.78, 5) is 14.2. The van der Waals surface area contributed by atoms with Crippen molar-refractivity contribution in [2.45, 2.75) is 25.7 Å². The van der Waals surface area contributed by atoms with Crippen LogP contribution in [0.1, 0.15) is 34.4 Å². The fraction of sp³-hybridized carbons (Fsp3) is 0.192. The largest absolute Gasteiger partial charge is 0.480 e. The Morgan fingerprint density at radius 1 is 1.19 bits per heavy atom. The SMILES string of the molecule is C#CCOc1ccc2ccccc2c1/C=C(\C#N)C(=O)Nc1sc2c(c1C#N)CCCC2. The normalized spacial score (nSPS) is 12.8. The highest BCUT2D eigenvalue weighted by Crippen LogP contribution is 2.38. The molecule has 0 spiro atoms. The zero-order valence-corrected chi connectivity index (χ0v) is 18.1. The zero-order chi connectivity index (χ0) is 22.5. The first-order chi connectivity index (χ1) is 15.7. The average Bonchev–Trinajstić information content (AvgIpc) is 3.18. The first kappa shape index (κ1) is 21.2. The van der Waals surface area contributed by atoms with Crippen LogP contribution in [0.15, 0.2) is 42.0 Å². The fourth-order valence-electron chi connectivity index (χ4n) is 3.91. The lowest BCUT2D eigenvalue weighted by atomic mass is 9.96. The lowest BCUT2D eigenvalue weighted by Crippen LogP contribution is -2.13. The summed E-state index contributed by atoms with van der Waals surface area (Å²) in [7, 11) is 0. The van der Waals surface area contributed by atoms with E-state index < -0.39 is 5.91 Å². The van der Waals surface area contributed by atoms with E-state index in [0.29, 0.717) is 21.9 Å². The summed E-state index contributed by atoms with van der Waals surface area (Å²) in [5, 5.41) is 24.5. The molecule has 0 bridgehead atoms. The van der Waals surface area contributed by atoms with Crippen LogP contribution >= 0.6 is 11.3 Å². The average molecular weight is 438 g/mol. The van der Waals surface area contributed by atoms with Crippen molar-refractivity contribution >= 4 is 39.1 Å². The molecule has 32 heavy (non-hydrogen) atoms. The zero-order valence-electron chi connectivity index (χ0n) is 17.3. The van der Waals surface area contributed by atoms with E-state index in [2.05, 4.69) is 17.3 Å². The molecule has 1 aromatic heterocycles. The van der Waals surface area contributed by atoms with E-state index in [-0.39, 0.29) is 12.2 Å². The summed E-state index contributed by atoms with van der Waals surface area (Å²) in [6.45, 7) is 0.0690. The van der Waals surface area contributed by atoms with Gasteiger partial charge in [-0.2, -0.15) is 10.5 Å². The number of rotatable bonds is 5. The van der Waals surface area contributed by atoms with Crippen LogP contribution in [0.2, 0.25) is 0 Å². The van der Waals surface area contributed by atoms with Crippen LogP contribution in [-0.4, -0.2) is 12.5 Å². The minimum atomic E-state index is -0.557. The maximum absolute atomic E-state index is 13.0. The van der Waals surface area contributed by atoms with Crippen LogP contribution in [-0.2, 0) is 17.6 Å². The topological polar surface area (TPSA) is 85.9 Å². The van der Waals surface area contributed by atoms with Gasteiger partial charge in [0.2, 0.25) is 0 Å². The molecule has 1 N–H and O–H groups in total. The maximum atomic E-state index is 13.0. The number of anilines is 1. The summed E-state index contributed by atoms with van der Waals surface area (Å²) in [6, 6.07) is 15.5. The van der Waals surface area contributed by atoms with Crippen molar-refractivity contribution in [3.63, 3.8) is 0 Å². The van der Waals surface area contributed by atoms with E-state index in [4.69, 9.17) is 11.2 Å². The highest BCUT2D eigenvalue weighted by atomic mass is 32.1. The van der Waals surface area contributed by atoms with Crippen molar-refractivity contribution in [2.75, 3.05) is 11.9 Å². The molecular weight excluding hydrogens is 418 g/mol. The monoisotopic (exact) mass is 437 g/mol. The quantitative estimate of drug-likeness (QED) is 0.337. The van der Waals surface area contributed by atoms with Gasteiger partial charge in [0, 0.05) is 10.4 Å². The predicted molar refractivity (Wildman–Crippen MR) is 126 cm³/mol. The lowest BCUT2D eigenvalue weighted by Gasteiger charge is -2.11. The van der Waals surface area contributed by atoms with Crippen LogP contribution in [0.3, 0.4) is 0 Å². The Morgan fingerprint density at radius 3 is 2.78 bits per heavy atom. The standard InChI is InChI=1S/C26H19N3O2S/c1-2-13-31-23-12-11-17-7-3-4-8-19(17)21(23)14-18(15-27)25(30)29-26-22(16-28)20-9-5-6-10-24(20)32-26/h1,3-4,7-8,11-12,14H,5-6,9-10,13H2,(H,29,30)/b18-14+. The smallest absolute Gasteiger partial charge is 0.266 e. The minimum Gasteiger partial charge on any atom is -0.480 e. The number of carbonyl (C=O) groups is 1. The molecule has 3 aromatic rings. The van der Waals surface area contributed by atoms with Crippen molar-refractivity contribution in [3.05, 3.63) is 63.5 Å². The molecule has 0 saturated carbocycles. The third-order valence-corrected chi connectivity index (χ3v) is 6.61. The summed E-state index contributed by atoms with van der Waals surface area (Å²) in [6.07, 6.45) is 10.7. The Hall–Kier alpha value is -4.05. The summed E-state index contributed by atoms with van der Waals surface area (Å²) >= 11 is 1.43. The second-order valence-corrected chi connectivity index (χ2v) is 8.45. The van der Waals surface area contributed by atoms with E-state index in [0.717, 1.165) is 46.9 Å². The second-order valence-electron chi connectivity index (χ2n) is 7.34. The Morgan fingerprint density at radius 2 is 2.00 bits per heavy atom. The number of aryl methyl sites for hydroxylation is 1. The van der Waals surface area contributed by atoms with Crippen LogP contribution in [0, 0.1) is 35.0 Å². The first-order valence-electron chi connectivity index (χ1n) is 10.2. The number of carbonyl (C=O) groups excluding carboxylic acids is 1. The molecule has 0 saturated heterocycles. The number of ether oxygens (including phenoxy) is 1. The number of nitrogens with zero attached hydrogens (tertiary/aromatic N) is 2. The predicted octanol–water partition coefficient (Wildman–Crippen LogP) is 5.21. The van der Waals surface area contributed by atoms with Crippen molar-refractivity contribution < 1.29 is 9.53 Å².